The molecule has 0 radical (unpaired) electrons. The molecule has 4 N–H and O–H groups in total. The lowest BCUT2D eigenvalue weighted by atomic mass is 10.1. The summed E-state index contributed by atoms with van der Waals surface area (Å²) in [6.07, 6.45) is 0. The molecule has 0 spiro atoms. The Bertz CT molecular complexity index is 879. The maximum absolute atomic E-state index is 12.5. The molecule has 1 aromatic heterocycles. The molecule has 7 heteroatoms. The number of nitrogens with two attached hydrogens (primary N) is 1. The highest BCUT2D eigenvalue weighted by Gasteiger charge is 2.12. The van der Waals surface area contributed by atoms with Gasteiger partial charge in [-0.05, 0) is 42.0 Å². The number of carbonyl (C=O) groups is 1. The minimum atomic E-state index is -0.213. The van der Waals surface area contributed by atoms with E-state index < -0.39 is 0 Å². The number of nitrogens with one attached hydrogen (secondary N) is 1. The lowest BCUT2D eigenvalue weighted by Gasteiger charge is -2.09. The van der Waals surface area contributed by atoms with Crippen LogP contribution in [0.15, 0.2) is 40.9 Å². The Balaban J connectivity index is 1.87. The second-order valence-electron chi connectivity index (χ2n) is 4.91. The molecule has 0 saturated carbocycles. The number of thiazole rings is 1. The van der Waals surface area contributed by atoms with E-state index in [-0.39, 0.29) is 19.1 Å². The number of nitrogens with zero attached hydrogens (tertiary/aromatic N) is 1. The van der Waals surface area contributed by atoms with Gasteiger partial charge in [0.1, 0.15) is 5.01 Å². The summed E-state index contributed by atoms with van der Waals surface area (Å²) < 4.78 is 1.85. The van der Waals surface area contributed by atoms with Crippen LogP contribution in [-0.2, 0) is 13.2 Å². The summed E-state index contributed by atoms with van der Waals surface area (Å²) in [6.45, 7) is 0.201. The van der Waals surface area contributed by atoms with E-state index in [1.54, 1.807) is 12.1 Å². The zero-order valence-electron chi connectivity index (χ0n) is 12.0. The summed E-state index contributed by atoms with van der Waals surface area (Å²) in [6, 6.07) is 10.9. The first-order valence-corrected chi connectivity index (χ1v) is 8.52. The lowest BCUT2D eigenvalue weighted by molar-refractivity contribution is 0.102. The van der Waals surface area contributed by atoms with Crippen molar-refractivity contribution >= 4 is 49.1 Å². The van der Waals surface area contributed by atoms with Crippen LogP contribution in [0.2, 0.25) is 0 Å². The van der Waals surface area contributed by atoms with Crippen LogP contribution < -0.4 is 11.1 Å². The van der Waals surface area contributed by atoms with Gasteiger partial charge in [-0.3, -0.25) is 4.79 Å². The van der Waals surface area contributed by atoms with Gasteiger partial charge < -0.3 is 16.2 Å². The minimum Gasteiger partial charge on any atom is -0.389 e. The predicted octanol–water partition coefficient (Wildman–Crippen LogP) is 3.26. The van der Waals surface area contributed by atoms with Gasteiger partial charge in [0, 0.05) is 22.3 Å². The van der Waals surface area contributed by atoms with Gasteiger partial charge in [0.25, 0.3) is 5.91 Å². The molecule has 1 amide bonds. The van der Waals surface area contributed by atoms with Gasteiger partial charge >= 0.3 is 0 Å². The molecule has 0 bridgehead atoms. The number of hydrogen-bond acceptors (Lipinski definition) is 5. The molecule has 0 unspecified atom stereocenters. The number of halogens is 1. The van der Waals surface area contributed by atoms with Gasteiger partial charge in [-0.1, -0.05) is 15.9 Å². The fraction of sp³-hybridized carbons (Fsp3) is 0.125. The fourth-order valence-corrected chi connectivity index (χ4v) is 3.49. The van der Waals surface area contributed by atoms with Gasteiger partial charge in [-0.25, -0.2) is 4.98 Å². The van der Waals surface area contributed by atoms with Crippen molar-refractivity contribution < 1.29 is 9.90 Å². The quantitative estimate of drug-likeness (QED) is 0.636. The first kappa shape index (κ1) is 16.1. The summed E-state index contributed by atoms with van der Waals surface area (Å²) in [7, 11) is 0. The van der Waals surface area contributed by atoms with Crippen molar-refractivity contribution in [2.45, 2.75) is 13.2 Å². The van der Waals surface area contributed by atoms with Gasteiger partial charge in [0.05, 0.1) is 16.8 Å². The number of anilines is 1. The molecular formula is C16H14BrN3O2S. The lowest BCUT2D eigenvalue weighted by Crippen LogP contribution is -2.15. The number of benzene rings is 2. The molecule has 0 aliphatic carbocycles. The summed E-state index contributed by atoms with van der Waals surface area (Å²) in [5.41, 5.74) is 8.44. The number of aliphatic hydroxyl groups excluding tert-OH is 1. The van der Waals surface area contributed by atoms with E-state index in [0.29, 0.717) is 16.3 Å². The Morgan fingerprint density at radius 3 is 2.87 bits per heavy atom. The van der Waals surface area contributed by atoms with E-state index in [9.17, 15) is 4.79 Å². The summed E-state index contributed by atoms with van der Waals surface area (Å²) in [5.74, 6) is -0.213. The van der Waals surface area contributed by atoms with E-state index >= 15 is 0 Å². The van der Waals surface area contributed by atoms with Crippen LogP contribution in [-0.4, -0.2) is 16.0 Å². The van der Waals surface area contributed by atoms with Crippen LogP contribution in [0.1, 0.15) is 20.9 Å². The topological polar surface area (TPSA) is 88.2 Å². The molecule has 0 atom stereocenters. The van der Waals surface area contributed by atoms with Gasteiger partial charge in [0.2, 0.25) is 0 Å². The van der Waals surface area contributed by atoms with Gasteiger partial charge in [-0.15, -0.1) is 11.3 Å². The van der Waals surface area contributed by atoms with E-state index in [0.717, 1.165) is 20.3 Å². The summed E-state index contributed by atoms with van der Waals surface area (Å²) >= 11 is 4.81. The molecule has 0 fully saturated rings. The molecule has 0 aliphatic rings. The van der Waals surface area contributed by atoms with Crippen molar-refractivity contribution in [1.82, 2.24) is 4.98 Å². The van der Waals surface area contributed by atoms with E-state index in [1.165, 1.54) is 11.3 Å². The zero-order chi connectivity index (χ0) is 16.4. The second-order valence-corrected chi connectivity index (χ2v) is 6.94. The van der Waals surface area contributed by atoms with Crippen LogP contribution in [0, 0.1) is 0 Å². The van der Waals surface area contributed by atoms with Crippen LogP contribution >= 0.6 is 27.3 Å². The first-order chi connectivity index (χ1) is 11.1. The zero-order valence-corrected chi connectivity index (χ0v) is 14.4. The number of amides is 1. The van der Waals surface area contributed by atoms with E-state index in [2.05, 4.69) is 26.2 Å². The van der Waals surface area contributed by atoms with E-state index in [4.69, 9.17) is 10.8 Å². The molecule has 2 aromatic carbocycles. The fourth-order valence-electron chi connectivity index (χ4n) is 2.27. The molecule has 1 heterocycles. The normalized spacial score (nSPS) is 10.9. The largest absolute Gasteiger partial charge is 0.389 e. The summed E-state index contributed by atoms with van der Waals surface area (Å²) in [4.78, 5) is 16.8. The van der Waals surface area contributed by atoms with Crippen molar-refractivity contribution in [1.29, 1.82) is 0 Å². The van der Waals surface area contributed by atoms with Gasteiger partial charge in [-0.2, -0.15) is 0 Å². The van der Waals surface area contributed by atoms with Gasteiger partial charge in [0.15, 0.2) is 0 Å². The molecule has 5 nitrogen and oxygen atoms in total. The van der Waals surface area contributed by atoms with E-state index in [1.807, 2.05) is 24.3 Å². The second kappa shape index (κ2) is 6.76. The Labute approximate surface area is 145 Å². The molecule has 0 saturated heterocycles. The predicted molar refractivity (Wildman–Crippen MR) is 95.5 cm³/mol. The van der Waals surface area contributed by atoms with Crippen LogP contribution in [0.3, 0.4) is 0 Å². The molecule has 23 heavy (non-hydrogen) atoms. The Morgan fingerprint density at radius 2 is 2.13 bits per heavy atom. The number of carbonyl (C=O) groups excluding carboxylic acids is 1. The van der Waals surface area contributed by atoms with Crippen molar-refractivity contribution in [3.8, 4) is 0 Å². The maximum Gasteiger partial charge on any atom is 0.255 e. The van der Waals surface area contributed by atoms with Crippen LogP contribution in [0.5, 0.6) is 0 Å². The first-order valence-electron chi connectivity index (χ1n) is 6.91. The molecule has 3 aromatic rings. The van der Waals surface area contributed by atoms with Crippen LogP contribution in [0.25, 0.3) is 10.2 Å². The average Bonchev–Trinajstić information content (AvgIpc) is 2.96. The highest BCUT2D eigenvalue weighted by atomic mass is 79.9. The molecule has 0 aliphatic heterocycles. The number of hydrogen-bond donors (Lipinski definition) is 3. The third-order valence-electron chi connectivity index (χ3n) is 3.36. The highest BCUT2D eigenvalue weighted by Crippen LogP contribution is 2.25. The number of rotatable bonds is 4. The summed E-state index contributed by atoms with van der Waals surface area (Å²) in [5, 5.41) is 12.7. The highest BCUT2D eigenvalue weighted by molar-refractivity contribution is 9.10. The number of fused-ring (bicyclic) bond motifs is 1. The van der Waals surface area contributed by atoms with Crippen LogP contribution in [0.4, 0.5) is 5.69 Å². The Morgan fingerprint density at radius 1 is 1.30 bits per heavy atom. The van der Waals surface area contributed by atoms with Crippen molar-refractivity contribution in [3.63, 3.8) is 0 Å². The van der Waals surface area contributed by atoms with Crippen molar-refractivity contribution in [3.05, 3.63) is 57.0 Å². The van der Waals surface area contributed by atoms with Crippen molar-refractivity contribution in [2.24, 2.45) is 5.73 Å². The molecule has 3 rings (SSSR count). The smallest absolute Gasteiger partial charge is 0.255 e. The minimum absolute atomic E-state index is 0.0835. The average molecular weight is 392 g/mol. The number of aliphatic hydroxyl groups is 1. The molecular weight excluding hydrogens is 378 g/mol. The third kappa shape index (κ3) is 3.42. The van der Waals surface area contributed by atoms with Crippen molar-refractivity contribution in [2.75, 3.05) is 5.32 Å². The standard InChI is InChI=1S/C16H14BrN3O2S/c17-10-1-3-12(9(5-10)7-18)16(22)19-11-2-4-14-13(6-11)20-15(8-21)23-14/h1-6,21H,7-8,18H2,(H,19,22). The SMILES string of the molecule is NCc1cc(Br)ccc1C(=O)Nc1ccc2sc(CO)nc2c1. The maximum atomic E-state index is 12.5. The Hall–Kier alpha value is -1.80. The number of aromatic nitrogens is 1. The third-order valence-corrected chi connectivity index (χ3v) is 4.87. The monoisotopic (exact) mass is 391 g/mol. The Kier molecular flexibility index (Phi) is 4.72. The molecule has 118 valence electrons.